The number of hydrogen-bond acceptors (Lipinski definition) is 3. The molecule has 2 aromatic rings. The largest absolute Gasteiger partial charge is 2.00 e. The molecular formula is C20H20CaFNO4. The fraction of sp³-hybridized carbons (Fsp3) is 0.200. The first-order valence-corrected chi connectivity index (χ1v) is 8.20. The molecule has 27 heavy (non-hydrogen) atoms. The predicted octanol–water partition coefficient (Wildman–Crippen LogP) is 3.85. The standard InChI is InChI=1S/C20H18FNO4.Ca.2H/c1-26-14-5-2-4-12(10-14)13-8-9-18(17(21)11-13)22-19(23)15-6-3-7-16(15)20(24)25;;;/h2,4-5,8-11H,3,6-7H2,1H3,(H,22,23)(H,24,25);;;/q;+2;2*-1. The minimum atomic E-state index is -1.10. The fourth-order valence-corrected chi connectivity index (χ4v) is 3.03. The van der Waals surface area contributed by atoms with Gasteiger partial charge in [-0.3, -0.25) is 4.79 Å². The van der Waals surface area contributed by atoms with Crippen molar-refractivity contribution in [3.8, 4) is 16.9 Å². The van der Waals surface area contributed by atoms with Crippen molar-refractivity contribution in [2.45, 2.75) is 19.3 Å². The number of anilines is 1. The summed E-state index contributed by atoms with van der Waals surface area (Å²) >= 11 is 0. The van der Waals surface area contributed by atoms with Crippen molar-refractivity contribution in [3.63, 3.8) is 0 Å². The number of ether oxygens (including phenoxy) is 1. The van der Waals surface area contributed by atoms with Gasteiger partial charge in [0.1, 0.15) is 11.6 Å². The van der Waals surface area contributed by atoms with Crippen LogP contribution >= 0.6 is 0 Å². The van der Waals surface area contributed by atoms with Crippen LogP contribution < -0.4 is 10.1 Å². The molecule has 2 aromatic carbocycles. The molecule has 3 rings (SSSR count). The zero-order valence-corrected chi connectivity index (χ0v) is 17.1. The van der Waals surface area contributed by atoms with Crippen molar-refractivity contribution in [2.75, 3.05) is 12.4 Å². The molecule has 5 nitrogen and oxygen atoms in total. The Morgan fingerprint density at radius 1 is 1.11 bits per heavy atom. The topological polar surface area (TPSA) is 75.6 Å². The van der Waals surface area contributed by atoms with E-state index in [0.717, 1.165) is 5.56 Å². The number of rotatable bonds is 5. The molecule has 0 heterocycles. The molecule has 2 N–H and O–H groups in total. The maximum atomic E-state index is 14.4. The van der Waals surface area contributed by atoms with Crippen LogP contribution in [0.2, 0.25) is 0 Å². The van der Waals surface area contributed by atoms with E-state index in [-0.39, 0.29) is 57.4 Å². The summed E-state index contributed by atoms with van der Waals surface area (Å²) in [5.41, 5.74) is 1.77. The van der Waals surface area contributed by atoms with Gasteiger partial charge in [0.15, 0.2) is 0 Å². The summed E-state index contributed by atoms with van der Waals surface area (Å²) in [5, 5.41) is 11.6. The van der Waals surface area contributed by atoms with Gasteiger partial charge in [-0.1, -0.05) is 18.2 Å². The summed E-state index contributed by atoms with van der Waals surface area (Å²) in [6, 6.07) is 11.7. The second-order valence-electron chi connectivity index (χ2n) is 6.00. The molecule has 0 atom stereocenters. The van der Waals surface area contributed by atoms with Gasteiger partial charge in [0.05, 0.1) is 12.8 Å². The van der Waals surface area contributed by atoms with Crippen molar-refractivity contribution in [3.05, 3.63) is 59.4 Å². The second kappa shape index (κ2) is 9.35. The maximum Gasteiger partial charge on any atom is 2.00 e. The number of carboxylic acids is 1. The van der Waals surface area contributed by atoms with Crippen LogP contribution in [-0.2, 0) is 9.59 Å². The van der Waals surface area contributed by atoms with E-state index in [1.54, 1.807) is 25.3 Å². The minimum Gasteiger partial charge on any atom is -1.00 e. The number of benzene rings is 2. The van der Waals surface area contributed by atoms with Gasteiger partial charge in [-0.25, -0.2) is 9.18 Å². The smallest absolute Gasteiger partial charge is 1.00 e. The summed E-state index contributed by atoms with van der Waals surface area (Å²) in [4.78, 5) is 23.5. The molecule has 0 aliphatic heterocycles. The average Bonchev–Trinajstić information content (AvgIpc) is 3.13. The molecular weight excluding hydrogens is 377 g/mol. The second-order valence-corrected chi connectivity index (χ2v) is 6.00. The Bertz CT molecular complexity index is 921. The van der Waals surface area contributed by atoms with Crippen LogP contribution in [-0.4, -0.2) is 61.8 Å². The van der Waals surface area contributed by atoms with Crippen LogP contribution in [0.3, 0.4) is 0 Å². The maximum absolute atomic E-state index is 14.4. The molecule has 1 aliphatic rings. The molecule has 138 valence electrons. The number of halogens is 1. The summed E-state index contributed by atoms with van der Waals surface area (Å²) in [6.07, 6.45) is 1.36. The van der Waals surface area contributed by atoms with Gasteiger partial charge < -0.3 is 18.0 Å². The van der Waals surface area contributed by atoms with E-state index in [1.807, 2.05) is 12.1 Å². The number of nitrogens with one attached hydrogen (secondary N) is 1. The third kappa shape index (κ3) is 4.89. The number of carbonyl (C=O) groups excluding carboxylic acids is 1. The van der Waals surface area contributed by atoms with E-state index in [4.69, 9.17) is 9.84 Å². The van der Waals surface area contributed by atoms with Crippen molar-refractivity contribution >= 4 is 55.3 Å². The van der Waals surface area contributed by atoms with Gasteiger partial charge >= 0.3 is 43.7 Å². The average molecular weight is 397 g/mol. The summed E-state index contributed by atoms with van der Waals surface area (Å²) in [7, 11) is 1.56. The Morgan fingerprint density at radius 3 is 2.48 bits per heavy atom. The monoisotopic (exact) mass is 397 g/mol. The molecule has 1 amide bonds. The molecule has 0 fully saturated rings. The van der Waals surface area contributed by atoms with Crippen molar-refractivity contribution < 1.29 is 26.7 Å². The number of aliphatic carboxylic acids is 1. The van der Waals surface area contributed by atoms with E-state index >= 15 is 0 Å². The van der Waals surface area contributed by atoms with Gasteiger partial charge in [-0.2, -0.15) is 0 Å². The number of amides is 1. The zero-order chi connectivity index (χ0) is 18.7. The first-order chi connectivity index (χ1) is 12.5. The number of hydrogen-bond donors (Lipinski definition) is 2. The van der Waals surface area contributed by atoms with Crippen LogP contribution in [0.25, 0.3) is 11.1 Å². The molecule has 1 aliphatic carbocycles. The Kier molecular flexibility index (Phi) is 7.41. The number of methoxy groups -OCH3 is 1. The Labute approximate surface area is 189 Å². The van der Waals surface area contributed by atoms with E-state index in [2.05, 4.69) is 5.32 Å². The molecule has 0 aromatic heterocycles. The summed E-state index contributed by atoms with van der Waals surface area (Å²) in [6.45, 7) is 0. The van der Waals surface area contributed by atoms with Gasteiger partial charge in [-0.15, -0.1) is 0 Å². The minimum absolute atomic E-state index is 0. The third-order valence-electron chi connectivity index (χ3n) is 4.37. The normalized spacial score (nSPS) is 13.1. The fourth-order valence-electron chi connectivity index (χ4n) is 3.03. The molecule has 0 saturated carbocycles. The Hall–Kier alpha value is -1.89. The quantitative estimate of drug-likeness (QED) is 0.752. The summed E-state index contributed by atoms with van der Waals surface area (Å²) < 4.78 is 19.6. The first kappa shape index (κ1) is 21.4. The van der Waals surface area contributed by atoms with E-state index in [1.165, 1.54) is 12.1 Å². The van der Waals surface area contributed by atoms with Crippen LogP contribution in [0.5, 0.6) is 5.75 Å². The van der Waals surface area contributed by atoms with E-state index in [0.29, 0.717) is 30.6 Å². The number of carbonyl (C=O) groups is 2. The SMILES string of the molecule is COc1cccc(-c2ccc(NC(=O)C3=C(C(=O)O)CCC3)c(F)c2)c1.[Ca+2].[H-].[H-]. The van der Waals surface area contributed by atoms with Crippen molar-refractivity contribution in [1.82, 2.24) is 0 Å². The van der Waals surface area contributed by atoms with Crippen molar-refractivity contribution in [1.29, 1.82) is 0 Å². The van der Waals surface area contributed by atoms with Gasteiger partial charge in [0.25, 0.3) is 5.91 Å². The van der Waals surface area contributed by atoms with Crippen LogP contribution in [0.15, 0.2) is 53.6 Å². The number of carboxylic acid groups (broad SMARTS) is 1. The third-order valence-corrected chi connectivity index (χ3v) is 4.37. The molecule has 0 spiro atoms. The van der Waals surface area contributed by atoms with Gasteiger partial charge in [0, 0.05) is 11.1 Å². The molecule has 0 radical (unpaired) electrons. The van der Waals surface area contributed by atoms with Crippen molar-refractivity contribution in [2.24, 2.45) is 0 Å². The van der Waals surface area contributed by atoms with E-state index < -0.39 is 17.7 Å². The van der Waals surface area contributed by atoms with E-state index in [9.17, 15) is 14.0 Å². The molecule has 0 saturated heterocycles. The molecule has 0 unspecified atom stereocenters. The predicted molar refractivity (Wildman–Crippen MR) is 104 cm³/mol. The molecule has 0 bridgehead atoms. The molecule has 7 heteroatoms. The zero-order valence-electron chi connectivity index (χ0n) is 16.9. The Balaban J connectivity index is 0.00000261. The van der Waals surface area contributed by atoms with Crippen LogP contribution in [0.4, 0.5) is 10.1 Å². The van der Waals surface area contributed by atoms with Crippen LogP contribution in [0.1, 0.15) is 22.1 Å². The van der Waals surface area contributed by atoms with Crippen LogP contribution in [0, 0.1) is 5.82 Å². The Morgan fingerprint density at radius 2 is 1.81 bits per heavy atom. The first-order valence-electron chi connectivity index (χ1n) is 8.20. The summed E-state index contributed by atoms with van der Waals surface area (Å²) in [5.74, 6) is -1.58. The van der Waals surface area contributed by atoms with Gasteiger partial charge in [0.2, 0.25) is 0 Å². The van der Waals surface area contributed by atoms with Gasteiger partial charge in [-0.05, 0) is 54.7 Å².